The molecule has 0 unspecified atom stereocenters. The van der Waals surface area contributed by atoms with E-state index in [2.05, 4.69) is 10.4 Å². The number of para-hydroxylation sites is 1. The smallest absolute Gasteiger partial charge is 0.280 e. The van der Waals surface area contributed by atoms with E-state index in [9.17, 15) is 9.59 Å². The number of carbonyl (C=O) groups excluding carboxylic acids is 1. The monoisotopic (exact) mass is 343 g/mol. The molecule has 122 valence electrons. The van der Waals surface area contributed by atoms with Crippen LogP contribution in [0.25, 0.3) is 10.9 Å². The molecule has 1 amide bonds. The van der Waals surface area contributed by atoms with Crippen LogP contribution in [-0.2, 0) is 4.79 Å². The van der Waals surface area contributed by atoms with Crippen molar-refractivity contribution in [3.8, 4) is 5.75 Å². The molecule has 3 aromatic rings. The van der Waals surface area contributed by atoms with Gasteiger partial charge < -0.3 is 4.74 Å². The molecule has 0 aliphatic rings. The lowest BCUT2D eigenvalue weighted by Crippen LogP contribution is -2.37. The summed E-state index contributed by atoms with van der Waals surface area (Å²) in [6.07, 6.45) is 0. The Labute approximate surface area is 142 Å². The molecule has 1 N–H and O–H groups in total. The number of halogens is 1. The predicted molar refractivity (Wildman–Crippen MR) is 92.1 cm³/mol. The van der Waals surface area contributed by atoms with Crippen molar-refractivity contribution in [1.82, 2.24) is 9.66 Å². The molecule has 0 bridgehead atoms. The minimum Gasteiger partial charge on any atom is -0.484 e. The largest absolute Gasteiger partial charge is 0.484 e. The normalized spacial score (nSPS) is 10.6. The molecule has 0 fully saturated rings. The molecule has 2 aromatic carbocycles. The summed E-state index contributed by atoms with van der Waals surface area (Å²) >= 11 is 5.78. The van der Waals surface area contributed by atoms with E-state index in [0.717, 1.165) is 4.68 Å². The molecular weight excluding hydrogens is 330 g/mol. The lowest BCUT2D eigenvalue weighted by atomic mass is 10.2. The number of aromatic nitrogens is 2. The van der Waals surface area contributed by atoms with Crippen molar-refractivity contribution < 1.29 is 9.53 Å². The molecule has 0 saturated carbocycles. The summed E-state index contributed by atoms with van der Waals surface area (Å²) in [6.45, 7) is 1.41. The van der Waals surface area contributed by atoms with E-state index in [1.165, 1.54) is 0 Å². The summed E-state index contributed by atoms with van der Waals surface area (Å²) in [5.41, 5.74) is 2.75. The summed E-state index contributed by atoms with van der Waals surface area (Å²) in [5.74, 6) is 0.432. The molecule has 0 atom stereocenters. The van der Waals surface area contributed by atoms with Crippen LogP contribution in [0.3, 0.4) is 0 Å². The van der Waals surface area contributed by atoms with Crippen LogP contribution < -0.4 is 15.7 Å². The van der Waals surface area contributed by atoms with Crippen molar-refractivity contribution in [2.75, 3.05) is 12.0 Å². The van der Waals surface area contributed by atoms with Crippen LogP contribution >= 0.6 is 11.6 Å². The summed E-state index contributed by atoms with van der Waals surface area (Å²) in [5, 5.41) is 1.01. The van der Waals surface area contributed by atoms with Crippen LogP contribution in [0.2, 0.25) is 5.02 Å². The van der Waals surface area contributed by atoms with Crippen LogP contribution in [-0.4, -0.2) is 22.2 Å². The quantitative estimate of drug-likeness (QED) is 0.790. The number of nitrogens with zero attached hydrogens (tertiary/aromatic N) is 2. The maximum Gasteiger partial charge on any atom is 0.280 e. The highest BCUT2D eigenvalue weighted by molar-refractivity contribution is 6.30. The Bertz CT molecular complexity index is 951. The maximum absolute atomic E-state index is 12.4. The Balaban J connectivity index is 1.75. The Hall–Kier alpha value is -2.86. The number of benzene rings is 2. The molecule has 6 nitrogen and oxygen atoms in total. The van der Waals surface area contributed by atoms with E-state index in [-0.39, 0.29) is 12.2 Å². The highest BCUT2D eigenvalue weighted by Gasteiger charge is 2.11. The zero-order valence-corrected chi connectivity index (χ0v) is 13.6. The molecular formula is C17H14ClN3O3. The third-order valence-corrected chi connectivity index (χ3v) is 3.62. The minimum atomic E-state index is -0.466. The molecule has 0 aliphatic heterocycles. The number of hydrogen-bond acceptors (Lipinski definition) is 4. The highest BCUT2D eigenvalue weighted by Crippen LogP contribution is 2.15. The van der Waals surface area contributed by atoms with E-state index in [0.29, 0.717) is 27.5 Å². The van der Waals surface area contributed by atoms with Crippen molar-refractivity contribution in [2.45, 2.75) is 6.92 Å². The van der Waals surface area contributed by atoms with Gasteiger partial charge in [-0.25, -0.2) is 9.66 Å². The average molecular weight is 344 g/mol. The second kappa shape index (κ2) is 6.72. The number of hydrogen-bond donors (Lipinski definition) is 1. The summed E-state index contributed by atoms with van der Waals surface area (Å²) < 4.78 is 6.48. The number of ether oxygens (including phenoxy) is 1. The third-order valence-electron chi connectivity index (χ3n) is 3.36. The van der Waals surface area contributed by atoms with E-state index in [1.807, 2.05) is 0 Å². The average Bonchev–Trinajstić information content (AvgIpc) is 2.58. The maximum atomic E-state index is 12.4. The van der Waals surface area contributed by atoms with Gasteiger partial charge in [0.25, 0.3) is 11.5 Å². The van der Waals surface area contributed by atoms with Gasteiger partial charge in [0, 0.05) is 5.02 Å². The van der Waals surface area contributed by atoms with Gasteiger partial charge in [-0.15, -0.1) is 0 Å². The summed E-state index contributed by atoms with van der Waals surface area (Å²) in [4.78, 5) is 28.8. The van der Waals surface area contributed by atoms with Crippen LogP contribution in [0.5, 0.6) is 5.75 Å². The zero-order chi connectivity index (χ0) is 17.1. The fourth-order valence-electron chi connectivity index (χ4n) is 2.21. The van der Waals surface area contributed by atoms with Crippen molar-refractivity contribution in [2.24, 2.45) is 0 Å². The first kappa shape index (κ1) is 16.0. The second-order valence-corrected chi connectivity index (χ2v) is 5.53. The van der Waals surface area contributed by atoms with Gasteiger partial charge in [0.15, 0.2) is 6.61 Å². The van der Waals surface area contributed by atoms with E-state index >= 15 is 0 Å². The number of carbonyl (C=O) groups is 1. The number of nitrogens with one attached hydrogen (secondary N) is 1. The molecule has 0 spiro atoms. The van der Waals surface area contributed by atoms with Crippen molar-refractivity contribution in [3.63, 3.8) is 0 Å². The van der Waals surface area contributed by atoms with Gasteiger partial charge in [0.05, 0.1) is 10.9 Å². The molecule has 0 radical (unpaired) electrons. The van der Waals surface area contributed by atoms with E-state index in [4.69, 9.17) is 16.3 Å². The first-order valence-corrected chi connectivity index (χ1v) is 7.59. The molecule has 0 saturated heterocycles. The Morgan fingerprint density at radius 2 is 1.92 bits per heavy atom. The topological polar surface area (TPSA) is 73.2 Å². The first-order valence-electron chi connectivity index (χ1n) is 7.21. The van der Waals surface area contributed by atoms with Crippen molar-refractivity contribution in [1.29, 1.82) is 0 Å². The molecule has 24 heavy (non-hydrogen) atoms. The van der Waals surface area contributed by atoms with Gasteiger partial charge in [0.1, 0.15) is 11.6 Å². The summed E-state index contributed by atoms with van der Waals surface area (Å²) in [6, 6.07) is 13.6. The lowest BCUT2D eigenvalue weighted by molar-refractivity contribution is -0.119. The fraction of sp³-hybridized carbons (Fsp3) is 0.118. The number of rotatable bonds is 4. The molecule has 3 rings (SSSR count). The van der Waals surface area contributed by atoms with Gasteiger partial charge in [-0.3, -0.25) is 15.0 Å². The van der Waals surface area contributed by atoms with Crippen molar-refractivity contribution in [3.05, 3.63) is 69.7 Å². The fourth-order valence-corrected chi connectivity index (χ4v) is 2.34. The number of amides is 1. The van der Waals surface area contributed by atoms with Crippen molar-refractivity contribution >= 4 is 28.4 Å². The molecule has 0 aliphatic carbocycles. The second-order valence-electron chi connectivity index (χ2n) is 5.09. The molecule has 1 aromatic heterocycles. The van der Waals surface area contributed by atoms with Gasteiger partial charge >= 0.3 is 0 Å². The Morgan fingerprint density at radius 3 is 2.67 bits per heavy atom. The third kappa shape index (κ3) is 3.38. The van der Waals surface area contributed by atoms with Gasteiger partial charge in [-0.1, -0.05) is 23.7 Å². The highest BCUT2D eigenvalue weighted by atomic mass is 35.5. The standard InChI is InChI=1S/C17H14ClN3O3/c1-11-19-15-5-3-2-4-14(15)17(23)21(11)20-16(22)10-24-13-8-6-12(18)7-9-13/h2-9H,10H2,1H3,(H,20,22). The Kier molecular flexibility index (Phi) is 4.48. The van der Waals surface area contributed by atoms with Crippen LogP contribution in [0, 0.1) is 6.92 Å². The van der Waals surface area contributed by atoms with Gasteiger partial charge in [-0.2, -0.15) is 0 Å². The van der Waals surface area contributed by atoms with E-state index < -0.39 is 5.91 Å². The predicted octanol–water partition coefficient (Wildman–Crippen LogP) is 2.51. The number of aryl methyl sites for hydroxylation is 1. The van der Waals surface area contributed by atoms with Gasteiger partial charge in [-0.05, 0) is 43.3 Å². The van der Waals surface area contributed by atoms with E-state index in [1.54, 1.807) is 55.5 Å². The minimum absolute atomic E-state index is 0.236. The van der Waals surface area contributed by atoms with Crippen LogP contribution in [0.4, 0.5) is 0 Å². The number of fused-ring (bicyclic) bond motifs is 1. The lowest BCUT2D eigenvalue weighted by Gasteiger charge is -2.12. The Morgan fingerprint density at radius 1 is 1.21 bits per heavy atom. The summed E-state index contributed by atoms with van der Waals surface area (Å²) in [7, 11) is 0. The van der Waals surface area contributed by atoms with Crippen LogP contribution in [0.15, 0.2) is 53.3 Å². The van der Waals surface area contributed by atoms with Crippen LogP contribution in [0.1, 0.15) is 5.82 Å². The van der Waals surface area contributed by atoms with Gasteiger partial charge in [0.2, 0.25) is 0 Å². The molecule has 7 heteroatoms. The zero-order valence-electron chi connectivity index (χ0n) is 12.8. The SMILES string of the molecule is Cc1nc2ccccc2c(=O)n1NC(=O)COc1ccc(Cl)cc1. The first-order chi connectivity index (χ1) is 11.5. The molecule has 1 heterocycles.